The summed E-state index contributed by atoms with van der Waals surface area (Å²) in [6.45, 7) is 5.72. The third-order valence-electron chi connectivity index (χ3n) is 4.99. The molecule has 3 rings (SSSR count). The summed E-state index contributed by atoms with van der Waals surface area (Å²) in [6.07, 6.45) is -0.179. The number of hydrogen-bond donors (Lipinski definition) is 1. The second-order valence-electron chi connectivity index (χ2n) is 8.22. The van der Waals surface area contributed by atoms with Crippen LogP contribution < -0.4 is 4.74 Å². The highest BCUT2D eigenvalue weighted by atomic mass is 16.6. The van der Waals surface area contributed by atoms with E-state index in [1.165, 1.54) is 4.90 Å². The predicted molar refractivity (Wildman–Crippen MR) is 124 cm³/mol. The van der Waals surface area contributed by atoms with Gasteiger partial charge < -0.3 is 19.1 Å². The largest absolute Gasteiger partial charge is 0.493 e. The molecule has 1 N–H and O–H groups in total. The molecule has 180 valence electrons. The van der Waals surface area contributed by atoms with Crippen LogP contribution in [0.15, 0.2) is 59.1 Å². The fourth-order valence-electron chi connectivity index (χ4n) is 3.16. The maximum Gasteiger partial charge on any atom is 0.410 e. The van der Waals surface area contributed by atoms with E-state index in [9.17, 15) is 14.7 Å². The average molecular weight is 468 g/mol. The maximum absolute atomic E-state index is 12.4. The number of carbonyl (C=O) groups excluding carboxylic acids is 1. The van der Waals surface area contributed by atoms with Crippen LogP contribution in [0.5, 0.6) is 5.75 Å². The first-order chi connectivity index (χ1) is 16.3. The minimum atomic E-state index is -1.11. The highest BCUT2D eigenvalue weighted by Crippen LogP contribution is 2.24. The van der Waals surface area contributed by atoms with Crippen molar-refractivity contribution in [2.24, 2.45) is 5.92 Å². The first-order valence-corrected chi connectivity index (χ1v) is 11.1. The number of carbonyl (C=O) groups is 2. The summed E-state index contributed by atoms with van der Waals surface area (Å²) >= 11 is 0. The average Bonchev–Trinajstić information content (AvgIpc) is 3.30. The molecule has 0 unspecified atom stereocenters. The van der Waals surface area contributed by atoms with Gasteiger partial charge in [0.25, 0.3) is 5.89 Å². The number of ether oxygens (including phenoxy) is 2. The van der Waals surface area contributed by atoms with Gasteiger partial charge in [-0.3, -0.25) is 9.69 Å². The minimum Gasteiger partial charge on any atom is -0.493 e. The molecule has 0 aliphatic heterocycles. The molecule has 2 aromatic carbocycles. The van der Waals surface area contributed by atoms with E-state index in [1.54, 1.807) is 31.2 Å². The molecule has 9 heteroatoms. The molecule has 3 aromatic rings. The molecule has 0 spiro atoms. The van der Waals surface area contributed by atoms with Gasteiger partial charge in [-0.05, 0) is 42.7 Å². The van der Waals surface area contributed by atoms with Gasteiger partial charge in [-0.25, -0.2) is 4.79 Å². The maximum atomic E-state index is 12.4. The lowest BCUT2D eigenvalue weighted by molar-refractivity contribution is -0.138. The van der Waals surface area contributed by atoms with Crippen LogP contribution in [0.3, 0.4) is 0 Å². The zero-order chi connectivity index (χ0) is 24.5. The Morgan fingerprint density at radius 2 is 1.76 bits per heavy atom. The number of nitrogens with zero attached hydrogens (tertiary/aromatic N) is 3. The van der Waals surface area contributed by atoms with Crippen molar-refractivity contribution in [3.63, 3.8) is 0 Å². The van der Waals surface area contributed by atoms with E-state index in [0.717, 1.165) is 11.1 Å². The second kappa shape index (κ2) is 11.8. The number of carboxylic acid groups (broad SMARTS) is 1. The van der Waals surface area contributed by atoms with Gasteiger partial charge in [0.05, 0.1) is 19.3 Å². The van der Waals surface area contributed by atoms with Crippen molar-refractivity contribution < 1.29 is 28.7 Å². The minimum absolute atomic E-state index is 0.153. The smallest absolute Gasteiger partial charge is 0.410 e. The fraction of sp³-hybridized carbons (Fsp3) is 0.360. The van der Waals surface area contributed by atoms with Gasteiger partial charge in [0.1, 0.15) is 12.3 Å². The van der Waals surface area contributed by atoms with Gasteiger partial charge in [0.2, 0.25) is 0 Å². The van der Waals surface area contributed by atoms with Crippen LogP contribution in [0.25, 0.3) is 11.5 Å². The normalized spacial score (nSPS) is 11.8. The van der Waals surface area contributed by atoms with Crippen molar-refractivity contribution >= 4 is 12.1 Å². The molecule has 1 atom stereocenters. The SMILES string of the molecule is CC(C)COC(=O)N(CC(=O)O)[C@@H](C)c1ccc(OCCc2noc(-c3ccccc3)n2)cc1. The van der Waals surface area contributed by atoms with Crippen LogP contribution >= 0.6 is 0 Å². The Hall–Kier alpha value is -3.88. The van der Waals surface area contributed by atoms with Gasteiger partial charge in [-0.1, -0.05) is 49.3 Å². The first-order valence-electron chi connectivity index (χ1n) is 11.1. The summed E-state index contributed by atoms with van der Waals surface area (Å²) in [4.78, 5) is 29.3. The monoisotopic (exact) mass is 467 g/mol. The number of hydrogen-bond acceptors (Lipinski definition) is 7. The number of carboxylic acids is 1. The van der Waals surface area contributed by atoms with Crippen LogP contribution in [0.1, 0.15) is 38.2 Å². The number of aliphatic carboxylic acids is 1. The molecule has 0 saturated heterocycles. The van der Waals surface area contributed by atoms with E-state index < -0.39 is 24.6 Å². The second-order valence-corrected chi connectivity index (χ2v) is 8.22. The third kappa shape index (κ3) is 7.06. The topological polar surface area (TPSA) is 115 Å². The number of benzene rings is 2. The van der Waals surface area contributed by atoms with Crippen LogP contribution in [0.2, 0.25) is 0 Å². The Bertz CT molecular complexity index is 1070. The quantitative estimate of drug-likeness (QED) is 0.435. The van der Waals surface area contributed by atoms with Gasteiger partial charge in [-0.15, -0.1) is 0 Å². The molecule has 0 bridgehead atoms. The van der Waals surface area contributed by atoms with Crippen molar-refractivity contribution in [3.8, 4) is 17.2 Å². The van der Waals surface area contributed by atoms with E-state index in [4.69, 9.17) is 14.0 Å². The van der Waals surface area contributed by atoms with Crippen LogP contribution in [0, 0.1) is 5.92 Å². The van der Waals surface area contributed by atoms with Crippen molar-refractivity contribution in [1.82, 2.24) is 15.0 Å². The lowest BCUT2D eigenvalue weighted by Crippen LogP contribution is -2.38. The summed E-state index contributed by atoms with van der Waals surface area (Å²) in [6, 6.07) is 16.2. The Balaban J connectivity index is 1.55. The summed E-state index contributed by atoms with van der Waals surface area (Å²) < 4.78 is 16.3. The first kappa shape index (κ1) is 24.8. The summed E-state index contributed by atoms with van der Waals surface area (Å²) in [5, 5.41) is 13.2. The highest BCUT2D eigenvalue weighted by Gasteiger charge is 2.25. The summed E-state index contributed by atoms with van der Waals surface area (Å²) in [7, 11) is 0. The van der Waals surface area contributed by atoms with E-state index >= 15 is 0 Å². The molecule has 34 heavy (non-hydrogen) atoms. The predicted octanol–water partition coefficient (Wildman–Crippen LogP) is 4.60. The van der Waals surface area contributed by atoms with Crippen molar-refractivity contribution in [1.29, 1.82) is 0 Å². The zero-order valence-electron chi connectivity index (χ0n) is 19.5. The Kier molecular flexibility index (Phi) is 8.61. The molecular formula is C25H29N3O6. The highest BCUT2D eigenvalue weighted by molar-refractivity contribution is 5.77. The summed E-state index contributed by atoms with van der Waals surface area (Å²) in [5.41, 5.74) is 1.62. The number of amides is 1. The lowest BCUT2D eigenvalue weighted by Gasteiger charge is -2.27. The van der Waals surface area contributed by atoms with Crippen LogP contribution in [-0.2, 0) is 16.0 Å². The molecule has 0 fully saturated rings. The molecule has 0 radical (unpaired) electrons. The zero-order valence-corrected chi connectivity index (χ0v) is 19.5. The molecule has 1 aromatic heterocycles. The number of rotatable bonds is 11. The molecule has 0 aliphatic rings. The van der Waals surface area contributed by atoms with Crippen molar-refractivity contribution in [3.05, 3.63) is 66.0 Å². The Morgan fingerprint density at radius 3 is 2.41 bits per heavy atom. The summed E-state index contributed by atoms with van der Waals surface area (Å²) in [5.74, 6) is 0.694. The van der Waals surface area contributed by atoms with Crippen molar-refractivity contribution in [2.75, 3.05) is 19.8 Å². The van der Waals surface area contributed by atoms with E-state index in [0.29, 0.717) is 30.5 Å². The molecule has 0 aliphatic carbocycles. The molecular weight excluding hydrogens is 438 g/mol. The van der Waals surface area contributed by atoms with E-state index in [1.807, 2.05) is 44.2 Å². The third-order valence-corrected chi connectivity index (χ3v) is 4.99. The number of aromatic nitrogens is 2. The van der Waals surface area contributed by atoms with Gasteiger partial charge >= 0.3 is 12.1 Å². The molecule has 1 amide bonds. The van der Waals surface area contributed by atoms with E-state index in [-0.39, 0.29) is 12.5 Å². The van der Waals surface area contributed by atoms with Crippen molar-refractivity contribution in [2.45, 2.75) is 33.2 Å². The van der Waals surface area contributed by atoms with Gasteiger partial charge in [-0.2, -0.15) is 4.98 Å². The lowest BCUT2D eigenvalue weighted by atomic mass is 10.1. The standard InChI is InChI=1S/C25H29N3O6/c1-17(2)16-33-25(31)28(15-23(29)30)18(3)19-9-11-21(12-10-19)32-14-13-22-26-24(34-27-22)20-7-5-4-6-8-20/h4-12,17-18H,13-16H2,1-3H3,(H,29,30)/t18-/m0/s1. The molecule has 1 heterocycles. The fourth-order valence-corrected chi connectivity index (χ4v) is 3.16. The van der Waals surface area contributed by atoms with Gasteiger partial charge in [0, 0.05) is 12.0 Å². The Labute approximate surface area is 198 Å². The van der Waals surface area contributed by atoms with Gasteiger partial charge in [0.15, 0.2) is 5.82 Å². The molecule has 9 nitrogen and oxygen atoms in total. The Morgan fingerprint density at radius 1 is 1.06 bits per heavy atom. The molecule has 0 saturated carbocycles. The van der Waals surface area contributed by atoms with Crippen LogP contribution in [-0.4, -0.2) is 52.0 Å². The van der Waals surface area contributed by atoms with Crippen LogP contribution in [0.4, 0.5) is 4.79 Å². The van der Waals surface area contributed by atoms with E-state index in [2.05, 4.69) is 10.1 Å².